The van der Waals surface area contributed by atoms with Crippen molar-refractivity contribution in [1.29, 1.82) is 0 Å². The second kappa shape index (κ2) is 4.58. The van der Waals surface area contributed by atoms with Crippen molar-refractivity contribution in [1.82, 2.24) is 5.32 Å². The summed E-state index contributed by atoms with van der Waals surface area (Å²) in [5.74, 6) is 0.512. The molecule has 1 rings (SSSR count). The molecule has 16 heavy (non-hydrogen) atoms. The molecule has 0 spiro atoms. The summed E-state index contributed by atoms with van der Waals surface area (Å²) in [7, 11) is 2.04. The smallest absolute Gasteiger partial charge is 0.0188 e. The van der Waals surface area contributed by atoms with Gasteiger partial charge in [0.25, 0.3) is 0 Å². The van der Waals surface area contributed by atoms with Crippen LogP contribution in [0.3, 0.4) is 0 Å². The molecule has 1 aromatic rings. The zero-order chi connectivity index (χ0) is 12.5. The van der Waals surface area contributed by atoms with Crippen LogP contribution in [0.15, 0.2) is 12.1 Å². The molecule has 1 N–H and O–H groups in total. The number of hydrogen-bond donors (Lipinski definition) is 1. The van der Waals surface area contributed by atoms with E-state index >= 15 is 0 Å². The van der Waals surface area contributed by atoms with Gasteiger partial charge >= 0.3 is 0 Å². The van der Waals surface area contributed by atoms with E-state index in [0.29, 0.717) is 5.92 Å². The highest BCUT2D eigenvalue weighted by molar-refractivity contribution is 5.41. The largest absolute Gasteiger partial charge is 0.314 e. The summed E-state index contributed by atoms with van der Waals surface area (Å²) < 4.78 is 0. The molecule has 0 heterocycles. The van der Waals surface area contributed by atoms with Gasteiger partial charge < -0.3 is 5.32 Å². The lowest BCUT2D eigenvalue weighted by Crippen LogP contribution is -2.41. The molecular weight excluding hydrogens is 194 g/mol. The quantitative estimate of drug-likeness (QED) is 0.817. The molecule has 0 radical (unpaired) electrons. The maximum atomic E-state index is 3.41. The van der Waals surface area contributed by atoms with Gasteiger partial charge in [-0.25, -0.2) is 0 Å². The van der Waals surface area contributed by atoms with Crippen molar-refractivity contribution in [3.05, 3.63) is 34.4 Å². The Morgan fingerprint density at radius 2 is 1.50 bits per heavy atom. The maximum Gasteiger partial charge on any atom is 0.0188 e. The van der Waals surface area contributed by atoms with Gasteiger partial charge in [-0.3, -0.25) is 0 Å². The van der Waals surface area contributed by atoms with Gasteiger partial charge in [0.15, 0.2) is 0 Å². The normalized spacial score (nSPS) is 13.9. The molecule has 0 fully saturated rings. The Morgan fingerprint density at radius 3 is 1.88 bits per heavy atom. The third-order valence-electron chi connectivity index (χ3n) is 3.90. The van der Waals surface area contributed by atoms with Gasteiger partial charge in [-0.05, 0) is 64.3 Å². The molecule has 1 heteroatoms. The average Bonchev–Trinajstić information content (AvgIpc) is 2.15. The number of aryl methyl sites for hydroxylation is 3. The van der Waals surface area contributed by atoms with E-state index in [0.717, 1.165) is 0 Å². The van der Waals surface area contributed by atoms with Crippen LogP contribution in [0.25, 0.3) is 0 Å². The van der Waals surface area contributed by atoms with E-state index in [4.69, 9.17) is 0 Å². The van der Waals surface area contributed by atoms with Crippen LogP contribution in [-0.4, -0.2) is 12.6 Å². The van der Waals surface area contributed by atoms with Crippen molar-refractivity contribution < 1.29 is 0 Å². The van der Waals surface area contributed by atoms with Gasteiger partial charge in [-0.2, -0.15) is 0 Å². The van der Waals surface area contributed by atoms with Gasteiger partial charge in [0, 0.05) is 5.54 Å². The van der Waals surface area contributed by atoms with Crippen molar-refractivity contribution in [3.63, 3.8) is 0 Å². The van der Waals surface area contributed by atoms with E-state index in [1.54, 1.807) is 0 Å². The van der Waals surface area contributed by atoms with E-state index in [2.05, 4.69) is 59.0 Å². The van der Waals surface area contributed by atoms with Crippen molar-refractivity contribution in [2.45, 2.75) is 53.0 Å². The third kappa shape index (κ3) is 2.46. The SMILES string of the molecule is CNC(C)(C)C(C)c1c(C)cc(C)cc1C. The topological polar surface area (TPSA) is 12.0 Å². The molecule has 1 unspecified atom stereocenters. The maximum absolute atomic E-state index is 3.41. The van der Waals surface area contributed by atoms with E-state index in [9.17, 15) is 0 Å². The standard InChI is InChI=1S/C15H25N/c1-10-8-11(2)14(12(3)9-10)13(4)15(5,6)16-7/h8-9,13,16H,1-7H3. The molecule has 0 aromatic heterocycles. The predicted molar refractivity (Wildman–Crippen MR) is 72.2 cm³/mol. The Kier molecular flexibility index (Phi) is 3.80. The van der Waals surface area contributed by atoms with Crippen molar-refractivity contribution in [2.24, 2.45) is 0 Å². The molecule has 90 valence electrons. The van der Waals surface area contributed by atoms with Crippen molar-refractivity contribution in [2.75, 3.05) is 7.05 Å². The Labute approximate surface area is 100 Å². The van der Waals surface area contributed by atoms with Crippen LogP contribution in [0.5, 0.6) is 0 Å². The van der Waals surface area contributed by atoms with Crippen LogP contribution in [0.1, 0.15) is 48.9 Å². The third-order valence-corrected chi connectivity index (χ3v) is 3.90. The Bertz CT molecular complexity index is 354. The molecule has 0 aliphatic carbocycles. The molecule has 1 aromatic carbocycles. The fourth-order valence-corrected chi connectivity index (χ4v) is 2.45. The van der Waals surface area contributed by atoms with Crippen LogP contribution in [0.4, 0.5) is 0 Å². The van der Waals surface area contributed by atoms with Crippen LogP contribution in [0, 0.1) is 20.8 Å². The first-order valence-corrected chi connectivity index (χ1v) is 6.06. The summed E-state index contributed by atoms with van der Waals surface area (Å²) >= 11 is 0. The summed E-state index contributed by atoms with van der Waals surface area (Å²) in [5, 5.41) is 3.41. The van der Waals surface area contributed by atoms with Crippen molar-refractivity contribution >= 4 is 0 Å². The second-order valence-corrected chi connectivity index (χ2v) is 5.51. The van der Waals surface area contributed by atoms with Gasteiger partial charge in [0.2, 0.25) is 0 Å². The minimum atomic E-state index is 0.130. The fourth-order valence-electron chi connectivity index (χ4n) is 2.45. The molecule has 0 aliphatic rings. The van der Waals surface area contributed by atoms with E-state index in [1.165, 1.54) is 22.3 Å². The van der Waals surface area contributed by atoms with Gasteiger partial charge in [0.1, 0.15) is 0 Å². The molecule has 0 saturated carbocycles. The number of rotatable bonds is 3. The molecule has 1 nitrogen and oxygen atoms in total. The van der Waals surface area contributed by atoms with Crippen LogP contribution >= 0.6 is 0 Å². The lowest BCUT2D eigenvalue weighted by Gasteiger charge is -2.34. The average molecular weight is 219 g/mol. The summed E-state index contributed by atoms with van der Waals surface area (Å²) in [6, 6.07) is 4.56. The Morgan fingerprint density at radius 1 is 1.06 bits per heavy atom. The van der Waals surface area contributed by atoms with E-state index in [1.807, 2.05) is 7.05 Å². The first-order chi connectivity index (χ1) is 7.29. The highest BCUT2D eigenvalue weighted by Gasteiger charge is 2.27. The summed E-state index contributed by atoms with van der Waals surface area (Å²) in [6.07, 6.45) is 0. The van der Waals surface area contributed by atoms with Crippen molar-refractivity contribution in [3.8, 4) is 0 Å². The minimum Gasteiger partial charge on any atom is -0.314 e. The van der Waals surface area contributed by atoms with Gasteiger partial charge in [0.05, 0.1) is 0 Å². The second-order valence-electron chi connectivity index (χ2n) is 5.51. The Hall–Kier alpha value is -0.820. The summed E-state index contributed by atoms with van der Waals surface area (Å²) in [4.78, 5) is 0. The number of benzene rings is 1. The monoisotopic (exact) mass is 219 g/mol. The van der Waals surface area contributed by atoms with Gasteiger partial charge in [-0.15, -0.1) is 0 Å². The fraction of sp³-hybridized carbons (Fsp3) is 0.600. The first kappa shape index (κ1) is 13.2. The molecule has 1 atom stereocenters. The predicted octanol–water partition coefficient (Wildman–Crippen LogP) is 3.71. The Balaban J connectivity index is 3.24. The molecule has 0 aliphatic heterocycles. The van der Waals surface area contributed by atoms with E-state index in [-0.39, 0.29) is 5.54 Å². The molecule has 0 saturated heterocycles. The van der Waals surface area contributed by atoms with Crippen LogP contribution in [-0.2, 0) is 0 Å². The van der Waals surface area contributed by atoms with E-state index < -0.39 is 0 Å². The zero-order valence-electron chi connectivity index (χ0n) is 11.7. The summed E-state index contributed by atoms with van der Waals surface area (Å²) in [5.41, 5.74) is 5.80. The molecule has 0 bridgehead atoms. The number of hydrogen-bond acceptors (Lipinski definition) is 1. The van der Waals surface area contributed by atoms with Gasteiger partial charge in [-0.1, -0.05) is 24.6 Å². The summed E-state index contributed by atoms with van der Waals surface area (Å²) in [6.45, 7) is 13.4. The lowest BCUT2D eigenvalue weighted by atomic mass is 9.79. The zero-order valence-corrected chi connectivity index (χ0v) is 11.7. The minimum absolute atomic E-state index is 0.130. The first-order valence-electron chi connectivity index (χ1n) is 6.06. The van der Waals surface area contributed by atoms with Crippen LogP contribution < -0.4 is 5.32 Å². The number of likely N-dealkylation sites (N-methyl/N-ethyl adjacent to an activating group) is 1. The van der Waals surface area contributed by atoms with Crippen LogP contribution in [0.2, 0.25) is 0 Å². The number of nitrogens with one attached hydrogen (secondary N) is 1. The highest BCUT2D eigenvalue weighted by atomic mass is 14.9. The highest BCUT2D eigenvalue weighted by Crippen LogP contribution is 2.32. The lowest BCUT2D eigenvalue weighted by molar-refractivity contribution is 0.358. The molecular formula is C15H25N. The molecule has 0 amide bonds.